The van der Waals surface area contributed by atoms with Gasteiger partial charge >= 0.3 is 0 Å². The molecule has 0 aromatic carbocycles. The van der Waals surface area contributed by atoms with Gasteiger partial charge in [0.1, 0.15) is 44.1 Å². The van der Waals surface area contributed by atoms with Gasteiger partial charge in [0.05, 0.1) is 22.4 Å². The number of rotatable bonds is 0. The van der Waals surface area contributed by atoms with Crippen LogP contribution in [0, 0.1) is 37.5 Å². The summed E-state index contributed by atoms with van der Waals surface area (Å²) < 4.78 is 11.2. The fraction of sp³-hybridized carbons (Fsp3) is 0.688. The Morgan fingerprint density at radius 1 is 0.610 bits per heavy atom. The molecule has 0 radical (unpaired) electrons. The molecule has 11 heteroatoms. The van der Waals surface area contributed by atoms with E-state index >= 15 is 0 Å². The molecule has 6 aliphatic carbocycles. The fourth-order valence-corrected chi connectivity index (χ4v) is 11.5. The molecular formula is C48H72O11. The topological polar surface area (TPSA) is 205 Å². The predicted molar refractivity (Wildman–Crippen MR) is 227 cm³/mol. The minimum absolute atomic E-state index is 0. The zero-order valence-corrected chi connectivity index (χ0v) is 36.3. The number of fused-ring (bicyclic) bond motifs is 5. The van der Waals surface area contributed by atoms with Crippen LogP contribution >= 0.6 is 0 Å². The zero-order valence-electron chi connectivity index (χ0n) is 36.3. The smallest absolute Gasteiger partial charge is 0.161 e. The van der Waals surface area contributed by atoms with E-state index in [0.717, 1.165) is 39.8 Å². The van der Waals surface area contributed by atoms with E-state index in [4.69, 9.17) is 8.83 Å². The molecule has 8 rings (SSSR count). The molecule has 2 heterocycles. The van der Waals surface area contributed by atoms with Gasteiger partial charge in [-0.3, -0.25) is 4.79 Å². The first-order chi connectivity index (χ1) is 26.3. The number of carbonyl (C=O) groups excluding carboxylic acids is 1. The lowest BCUT2D eigenvalue weighted by atomic mass is 9.72. The average molecular weight is 825 g/mol. The van der Waals surface area contributed by atoms with E-state index in [9.17, 15) is 45.6 Å². The van der Waals surface area contributed by atoms with E-state index in [-0.39, 0.29) is 31.5 Å². The highest BCUT2D eigenvalue weighted by Gasteiger charge is 2.63. The van der Waals surface area contributed by atoms with Crippen LogP contribution in [-0.2, 0) is 17.6 Å². The Labute approximate surface area is 349 Å². The van der Waals surface area contributed by atoms with Crippen LogP contribution in [-0.4, -0.2) is 91.4 Å². The third kappa shape index (κ3) is 7.70. The Morgan fingerprint density at radius 2 is 1.02 bits per heavy atom. The molecule has 2 aromatic rings. The van der Waals surface area contributed by atoms with Crippen molar-refractivity contribution in [3.63, 3.8) is 0 Å². The van der Waals surface area contributed by atoms with Gasteiger partial charge in [-0.15, -0.1) is 0 Å². The lowest BCUT2D eigenvalue weighted by Crippen LogP contribution is -2.56. The molecule has 12 atom stereocenters. The molecule has 6 aliphatic rings. The van der Waals surface area contributed by atoms with E-state index in [2.05, 4.69) is 13.2 Å². The van der Waals surface area contributed by atoms with Gasteiger partial charge < -0.3 is 49.7 Å². The Hall–Kier alpha value is -2.87. The first-order valence-electron chi connectivity index (χ1n) is 20.9. The number of aliphatic hydroxyl groups is 8. The molecule has 8 N–H and O–H groups in total. The van der Waals surface area contributed by atoms with Gasteiger partial charge in [-0.1, -0.05) is 26.2 Å². The highest BCUT2D eigenvalue weighted by Crippen LogP contribution is 2.54. The van der Waals surface area contributed by atoms with Crippen LogP contribution in [0.1, 0.15) is 136 Å². The van der Waals surface area contributed by atoms with Gasteiger partial charge in [-0.2, -0.15) is 0 Å². The van der Waals surface area contributed by atoms with Gasteiger partial charge in [-0.25, -0.2) is 0 Å². The Balaban J connectivity index is 0.000000167. The lowest BCUT2D eigenvalue weighted by molar-refractivity contribution is -0.150. The number of furan rings is 2. The molecule has 11 nitrogen and oxygen atoms in total. The molecule has 0 saturated heterocycles. The van der Waals surface area contributed by atoms with Crippen LogP contribution in [0.25, 0.3) is 25.3 Å². The highest BCUT2D eigenvalue weighted by atomic mass is 16.4. The van der Waals surface area contributed by atoms with Crippen LogP contribution in [0.15, 0.2) is 20.0 Å². The third-order valence-electron chi connectivity index (χ3n) is 15.8. The van der Waals surface area contributed by atoms with Gasteiger partial charge in [0, 0.05) is 29.4 Å². The standard InChI is InChI=1S/2C16H22O4.C15H24O3.CH4/c2*1-9-10(2)20-12-8-15(4,18)16(19)6-5-14(3,17)13(16)7-11(9)12;1-9(2)10-7-12-11(5-6-14(12,3)17)15(4,18)8-13(10)16;/h2*8,13,17-19H,2,5-7H2,1,3-4H3;11-12,17-18H,5-8H2,1-4H3;1H4/t13-,14+,15+,16+;13-,14+,15-,16-;11-,12-,14-,15+;/m110./s1. The van der Waals surface area contributed by atoms with Gasteiger partial charge in [0.15, 0.2) is 5.78 Å². The summed E-state index contributed by atoms with van der Waals surface area (Å²) in [6, 6.07) is 0. The molecule has 59 heavy (non-hydrogen) atoms. The Kier molecular flexibility index (Phi) is 11.9. The van der Waals surface area contributed by atoms with Crippen LogP contribution in [0.5, 0.6) is 0 Å². The fourth-order valence-electron chi connectivity index (χ4n) is 11.5. The van der Waals surface area contributed by atoms with Crippen molar-refractivity contribution in [3.8, 4) is 0 Å². The zero-order chi connectivity index (χ0) is 43.6. The van der Waals surface area contributed by atoms with E-state index in [1.54, 1.807) is 46.8 Å². The predicted octanol–water partition coefficient (Wildman–Crippen LogP) is 2.81. The van der Waals surface area contributed by atoms with Crippen LogP contribution in [0.3, 0.4) is 0 Å². The van der Waals surface area contributed by atoms with Crippen LogP contribution < -0.4 is 21.7 Å². The average Bonchev–Trinajstić information content (AvgIpc) is 3.72. The number of allylic oxidation sites excluding steroid dienone is 2. The van der Waals surface area contributed by atoms with Gasteiger partial charge in [0.25, 0.3) is 0 Å². The second-order valence-electron chi connectivity index (χ2n) is 20.4. The van der Waals surface area contributed by atoms with Crippen molar-refractivity contribution >= 4 is 31.1 Å². The summed E-state index contributed by atoms with van der Waals surface area (Å²) in [5, 5.41) is 85.8. The molecule has 4 saturated carbocycles. The number of hydrogen-bond acceptors (Lipinski definition) is 11. The maximum atomic E-state index is 12.2. The van der Waals surface area contributed by atoms with Gasteiger partial charge in [-0.05, 0) is 168 Å². The number of hydrogen-bond donors (Lipinski definition) is 8. The number of carbonyl (C=O) groups is 1. The maximum absolute atomic E-state index is 12.2. The quantitative estimate of drug-likeness (QED) is 0.182. The van der Waals surface area contributed by atoms with E-state index in [1.807, 2.05) is 34.6 Å². The molecule has 2 aromatic heterocycles. The summed E-state index contributed by atoms with van der Waals surface area (Å²) in [6.07, 6.45) is 8.10. The summed E-state index contributed by atoms with van der Waals surface area (Å²) >= 11 is 0. The molecular weight excluding hydrogens is 753 g/mol. The minimum atomic E-state index is -1.44. The summed E-state index contributed by atoms with van der Waals surface area (Å²) in [4.78, 5) is 12.2. The van der Waals surface area contributed by atoms with Crippen molar-refractivity contribution in [2.45, 2.75) is 186 Å². The summed E-state index contributed by atoms with van der Waals surface area (Å²) in [7, 11) is 0. The second-order valence-corrected chi connectivity index (χ2v) is 20.4. The molecule has 0 unspecified atom stereocenters. The number of Topliss-reactive ketones (excluding diaryl/α,β-unsaturated/α-hetero) is 1. The molecule has 0 aliphatic heterocycles. The van der Waals surface area contributed by atoms with E-state index < -0.39 is 56.6 Å². The SMILES string of the molecule is C.C=c1oc2c(c1C)C[C@@H]1[C@@](C)(O)CC[C@@]1(O)[C@@](C)(O)C=2.C=c1oc2c(c1C)C[C@@H]1[C@@](C)(O)CC[C@]1(O)[C@](C)(O)C=2.CC(C)=C1C[C@H]2[C@H](CC[C@]2(C)O)[C@](C)(O)CC1=O. The molecule has 330 valence electrons. The first-order valence-corrected chi connectivity index (χ1v) is 20.9. The largest absolute Gasteiger partial charge is 0.458 e. The van der Waals surface area contributed by atoms with E-state index in [0.29, 0.717) is 73.0 Å². The van der Waals surface area contributed by atoms with Crippen molar-refractivity contribution in [1.82, 2.24) is 0 Å². The summed E-state index contributed by atoms with van der Waals surface area (Å²) in [5.74, 6) is -0.807. The Morgan fingerprint density at radius 3 is 1.41 bits per heavy atom. The normalized spacial score (nSPS) is 43.2. The summed E-state index contributed by atoms with van der Waals surface area (Å²) in [5.41, 5.74) is -1.50. The summed E-state index contributed by atoms with van der Waals surface area (Å²) in [6.45, 7) is 25.6. The monoisotopic (exact) mass is 825 g/mol. The second kappa shape index (κ2) is 14.9. The van der Waals surface area contributed by atoms with Crippen LogP contribution in [0.4, 0.5) is 0 Å². The van der Waals surface area contributed by atoms with Crippen molar-refractivity contribution in [3.05, 3.63) is 55.1 Å². The molecule has 4 fully saturated rings. The minimum Gasteiger partial charge on any atom is -0.458 e. The highest BCUT2D eigenvalue weighted by molar-refractivity contribution is 5.97. The van der Waals surface area contributed by atoms with Crippen molar-refractivity contribution in [2.24, 2.45) is 23.7 Å². The van der Waals surface area contributed by atoms with Gasteiger partial charge in [0.2, 0.25) is 0 Å². The molecule has 0 bridgehead atoms. The maximum Gasteiger partial charge on any atom is 0.161 e. The van der Waals surface area contributed by atoms with Crippen molar-refractivity contribution < 1.29 is 54.5 Å². The molecule has 0 spiro atoms. The third-order valence-corrected chi connectivity index (χ3v) is 15.8. The molecule has 0 amide bonds. The lowest BCUT2D eigenvalue weighted by Gasteiger charge is -2.42. The van der Waals surface area contributed by atoms with E-state index in [1.165, 1.54) is 0 Å². The van der Waals surface area contributed by atoms with Crippen LogP contribution in [0.2, 0.25) is 0 Å². The first kappa shape index (κ1) is 47.2. The Bertz CT molecular complexity index is 2110. The van der Waals surface area contributed by atoms with Crippen molar-refractivity contribution in [1.29, 1.82) is 0 Å². The van der Waals surface area contributed by atoms with Crippen molar-refractivity contribution in [2.75, 3.05) is 0 Å². The number of ketones is 1.